The van der Waals surface area contributed by atoms with Gasteiger partial charge in [-0.15, -0.1) is 0 Å². The van der Waals surface area contributed by atoms with Crippen LogP contribution in [0.25, 0.3) is 0 Å². The molecular formula is C14H19ClO3S. The van der Waals surface area contributed by atoms with Crippen LogP contribution < -0.4 is 4.74 Å². The van der Waals surface area contributed by atoms with Gasteiger partial charge in [-0.25, -0.2) is 8.42 Å². The number of hydrogen-bond acceptors (Lipinski definition) is 3. The standard InChI is InChI=1S/C14H19ClO3S/c1-14(2,10-19(15,16)17)9-18-13-7-6-11-4-3-5-12(11)8-13/h6-8H,3-5,9-10H2,1-2H3. The third-order valence-electron chi connectivity index (χ3n) is 3.26. The molecule has 5 heteroatoms. The van der Waals surface area contributed by atoms with Crippen LogP contribution in [0.4, 0.5) is 0 Å². The van der Waals surface area contributed by atoms with Crippen LogP contribution in [0.3, 0.4) is 0 Å². The summed E-state index contributed by atoms with van der Waals surface area (Å²) < 4.78 is 28.0. The zero-order valence-electron chi connectivity index (χ0n) is 11.3. The summed E-state index contributed by atoms with van der Waals surface area (Å²) in [5, 5.41) is 0. The molecule has 1 aliphatic rings. The fourth-order valence-electron chi connectivity index (χ4n) is 2.43. The van der Waals surface area contributed by atoms with Gasteiger partial charge < -0.3 is 4.74 Å². The summed E-state index contributed by atoms with van der Waals surface area (Å²) in [4.78, 5) is 0. The molecule has 1 aromatic carbocycles. The molecule has 3 nitrogen and oxygen atoms in total. The monoisotopic (exact) mass is 302 g/mol. The molecule has 0 radical (unpaired) electrons. The van der Waals surface area contributed by atoms with Crippen LogP contribution in [-0.2, 0) is 21.9 Å². The first-order valence-corrected chi connectivity index (χ1v) is 8.90. The van der Waals surface area contributed by atoms with E-state index in [1.54, 1.807) is 0 Å². The molecule has 1 aliphatic carbocycles. The zero-order chi connectivity index (χ0) is 14.1. The van der Waals surface area contributed by atoms with Gasteiger partial charge in [-0.05, 0) is 42.5 Å². The third-order valence-corrected chi connectivity index (χ3v) is 4.72. The second kappa shape index (κ2) is 5.33. The fraction of sp³-hybridized carbons (Fsp3) is 0.571. The zero-order valence-corrected chi connectivity index (χ0v) is 12.9. The number of benzene rings is 1. The minimum atomic E-state index is -3.50. The summed E-state index contributed by atoms with van der Waals surface area (Å²) in [6.07, 6.45) is 3.45. The van der Waals surface area contributed by atoms with Crippen molar-refractivity contribution in [3.63, 3.8) is 0 Å². The lowest BCUT2D eigenvalue weighted by atomic mass is 9.98. The van der Waals surface area contributed by atoms with E-state index in [2.05, 4.69) is 12.1 Å². The van der Waals surface area contributed by atoms with Gasteiger partial charge in [0.15, 0.2) is 0 Å². The summed E-state index contributed by atoms with van der Waals surface area (Å²) in [5.41, 5.74) is 2.25. The lowest BCUT2D eigenvalue weighted by Gasteiger charge is -2.23. The van der Waals surface area contributed by atoms with E-state index in [0.29, 0.717) is 6.61 Å². The van der Waals surface area contributed by atoms with Crippen molar-refractivity contribution < 1.29 is 13.2 Å². The van der Waals surface area contributed by atoms with E-state index in [1.807, 2.05) is 19.9 Å². The van der Waals surface area contributed by atoms with Gasteiger partial charge in [0, 0.05) is 16.1 Å². The molecule has 0 saturated heterocycles. The highest BCUT2D eigenvalue weighted by molar-refractivity contribution is 8.13. The molecule has 0 amide bonds. The predicted molar refractivity (Wildman–Crippen MR) is 77.4 cm³/mol. The lowest BCUT2D eigenvalue weighted by Crippen LogP contribution is -2.28. The minimum absolute atomic E-state index is 0.0908. The maximum absolute atomic E-state index is 11.1. The minimum Gasteiger partial charge on any atom is -0.493 e. The van der Waals surface area contributed by atoms with Crippen LogP contribution in [0.15, 0.2) is 18.2 Å². The summed E-state index contributed by atoms with van der Waals surface area (Å²) in [6.45, 7) is 4.00. The Morgan fingerprint density at radius 3 is 2.63 bits per heavy atom. The number of aryl methyl sites for hydroxylation is 2. The Kier molecular flexibility index (Phi) is 4.11. The number of ether oxygens (including phenoxy) is 1. The molecule has 0 unspecified atom stereocenters. The Morgan fingerprint density at radius 1 is 1.26 bits per heavy atom. The molecule has 2 rings (SSSR count). The van der Waals surface area contributed by atoms with E-state index < -0.39 is 14.5 Å². The molecule has 0 fully saturated rings. The number of rotatable bonds is 5. The highest BCUT2D eigenvalue weighted by atomic mass is 35.7. The first kappa shape index (κ1) is 14.7. The molecular weight excluding hydrogens is 284 g/mol. The summed E-state index contributed by atoms with van der Waals surface area (Å²) in [7, 11) is 1.79. The number of halogens is 1. The number of hydrogen-bond donors (Lipinski definition) is 0. The van der Waals surface area contributed by atoms with Gasteiger partial charge in [0.2, 0.25) is 9.05 Å². The van der Waals surface area contributed by atoms with Crippen molar-refractivity contribution in [2.24, 2.45) is 5.41 Å². The van der Waals surface area contributed by atoms with Crippen LogP contribution in [0.5, 0.6) is 5.75 Å². The van der Waals surface area contributed by atoms with E-state index in [1.165, 1.54) is 17.5 Å². The molecule has 0 N–H and O–H groups in total. The first-order valence-electron chi connectivity index (χ1n) is 6.42. The summed E-state index contributed by atoms with van der Waals surface area (Å²) >= 11 is 0. The maximum atomic E-state index is 11.1. The van der Waals surface area contributed by atoms with Crippen molar-refractivity contribution >= 4 is 19.7 Å². The Labute approximate surface area is 119 Å². The van der Waals surface area contributed by atoms with Crippen molar-refractivity contribution in [2.75, 3.05) is 12.4 Å². The molecule has 0 spiro atoms. The predicted octanol–water partition coefficient (Wildman–Crippen LogP) is 3.15. The van der Waals surface area contributed by atoms with E-state index in [-0.39, 0.29) is 5.75 Å². The molecule has 0 saturated carbocycles. The summed E-state index contributed by atoms with van der Waals surface area (Å²) in [6, 6.07) is 6.12. The average molecular weight is 303 g/mol. The maximum Gasteiger partial charge on any atom is 0.233 e. The summed E-state index contributed by atoms with van der Waals surface area (Å²) in [5.74, 6) is 0.715. The van der Waals surface area contributed by atoms with Crippen LogP contribution >= 0.6 is 10.7 Å². The second-order valence-corrected chi connectivity index (χ2v) is 8.70. The van der Waals surface area contributed by atoms with Gasteiger partial charge in [-0.2, -0.15) is 0 Å². The molecule has 0 aromatic heterocycles. The lowest BCUT2D eigenvalue weighted by molar-refractivity contribution is 0.200. The normalized spacial score (nSPS) is 15.3. The SMILES string of the molecule is CC(C)(COc1ccc2c(c1)CCC2)CS(=O)(=O)Cl. The van der Waals surface area contributed by atoms with Crippen molar-refractivity contribution in [1.82, 2.24) is 0 Å². The van der Waals surface area contributed by atoms with Gasteiger partial charge in [0.1, 0.15) is 5.75 Å². The van der Waals surface area contributed by atoms with Crippen LogP contribution in [0.2, 0.25) is 0 Å². The Bertz CT molecular complexity index is 564. The molecule has 0 aliphatic heterocycles. The van der Waals surface area contributed by atoms with Gasteiger partial charge in [-0.3, -0.25) is 0 Å². The Morgan fingerprint density at radius 2 is 1.95 bits per heavy atom. The second-order valence-electron chi connectivity index (χ2n) is 5.92. The first-order chi connectivity index (χ1) is 8.75. The van der Waals surface area contributed by atoms with Crippen molar-refractivity contribution in [1.29, 1.82) is 0 Å². The van der Waals surface area contributed by atoms with Gasteiger partial charge >= 0.3 is 0 Å². The van der Waals surface area contributed by atoms with Crippen LogP contribution in [0.1, 0.15) is 31.4 Å². The molecule has 106 valence electrons. The molecule has 0 atom stereocenters. The van der Waals surface area contributed by atoms with Crippen LogP contribution in [-0.4, -0.2) is 20.8 Å². The van der Waals surface area contributed by atoms with E-state index in [0.717, 1.165) is 18.6 Å². The highest BCUT2D eigenvalue weighted by Gasteiger charge is 2.26. The smallest absolute Gasteiger partial charge is 0.233 e. The number of fused-ring (bicyclic) bond motifs is 1. The van der Waals surface area contributed by atoms with Crippen LogP contribution in [0, 0.1) is 5.41 Å². The van der Waals surface area contributed by atoms with Gasteiger partial charge in [0.25, 0.3) is 0 Å². The fourth-order valence-corrected chi connectivity index (χ4v) is 4.33. The Balaban J connectivity index is 1.99. The van der Waals surface area contributed by atoms with Crippen molar-refractivity contribution in [3.05, 3.63) is 29.3 Å². The van der Waals surface area contributed by atoms with Gasteiger partial charge in [-0.1, -0.05) is 19.9 Å². The van der Waals surface area contributed by atoms with E-state index in [4.69, 9.17) is 15.4 Å². The highest BCUT2D eigenvalue weighted by Crippen LogP contribution is 2.27. The molecule has 0 bridgehead atoms. The molecule has 0 heterocycles. The quantitative estimate of drug-likeness (QED) is 0.785. The van der Waals surface area contributed by atoms with Crippen molar-refractivity contribution in [3.8, 4) is 5.75 Å². The van der Waals surface area contributed by atoms with E-state index in [9.17, 15) is 8.42 Å². The Hall–Kier alpha value is -0.740. The topological polar surface area (TPSA) is 43.4 Å². The molecule has 1 aromatic rings. The van der Waals surface area contributed by atoms with Gasteiger partial charge in [0.05, 0.1) is 12.4 Å². The third kappa shape index (κ3) is 4.39. The molecule has 19 heavy (non-hydrogen) atoms. The average Bonchev–Trinajstić information content (AvgIpc) is 2.70. The van der Waals surface area contributed by atoms with Crippen molar-refractivity contribution in [2.45, 2.75) is 33.1 Å². The largest absolute Gasteiger partial charge is 0.493 e. The van der Waals surface area contributed by atoms with E-state index >= 15 is 0 Å².